The first-order chi connectivity index (χ1) is 9.83. The summed E-state index contributed by atoms with van der Waals surface area (Å²) in [6.45, 7) is 1.60. The summed E-state index contributed by atoms with van der Waals surface area (Å²) in [6.07, 6.45) is 1.27. The molecular formula is C15H13N5. The van der Waals surface area contributed by atoms with Gasteiger partial charge in [-0.3, -0.25) is 0 Å². The number of nitrogens with one attached hydrogen (secondary N) is 1. The first-order valence-electron chi connectivity index (χ1n) is 6.51. The maximum Gasteiger partial charge on any atom is 0.167 e. The van der Waals surface area contributed by atoms with Crippen LogP contribution in [0.15, 0.2) is 24.3 Å². The van der Waals surface area contributed by atoms with E-state index < -0.39 is 0 Å². The van der Waals surface area contributed by atoms with Gasteiger partial charge in [0.15, 0.2) is 5.69 Å². The molecule has 5 heteroatoms. The Bertz CT molecular complexity index is 712. The summed E-state index contributed by atoms with van der Waals surface area (Å²) in [5.41, 5.74) is 4.52. The molecule has 2 heterocycles. The lowest BCUT2D eigenvalue weighted by atomic mass is 10.1. The summed E-state index contributed by atoms with van der Waals surface area (Å²) in [5, 5.41) is 25.5. The second-order valence-electron chi connectivity index (χ2n) is 4.73. The molecule has 0 saturated heterocycles. The summed E-state index contributed by atoms with van der Waals surface area (Å²) < 4.78 is 1.85. The van der Waals surface area contributed by atoms with E-state index in [1.807, 2.05) is 28.9 Å². The average molecular weight is 263 g/mol. The van der Waals surface area contributed by atoms with Gasteiger partial charge in [-0.05, 0) is 17.7 Å². The second kappa shape index (κ2) is 5.16. The zero-order chi connectivity index (χ0) is 13.9. The van der Waals surface area contributed by atoms with Crippen molar-refractivity contribution in [3.8, 4) is 17.8 Å². The minimum atomic E-state index is 0.408. The maximum absolute atomic E-state index is 9.18. The second-order valence-corrected chi connectivity index (χ2v) is 4.73. The minimum absolute atomic E-state index is 0.408. The summed E-state index contributed by atoms with van der Waals surface area (Å²) in [7, 11) is 0. The summed E-state index contributed by atoms with van der Waals surface area (Å²) >= 11 is 0. The maximum atomic E-state index is 9.18. The fourth-order valence-corrected chi connectivity index (χ4v) is 2.50. The molecule has 20 heavy (non-hydrogen) atoms. The van der Waals surface area contributed by atoms with Crippen LogP contribution in [0.2, 0.25) is 0 Å². The zero-order valence-electron chi connectivity index (χ0n) is 10.9. The average Bonchev–Trinajstić information content (AvgIpc) is 2.87. The molecule has 1 N–H and O–H groups in total. The van der Waals surface area contributed by atoms with Crippen molar-refractivity contribution in [2.45, 2.75) is 19.4 Å². The van der Waals surface area contributed by atoms with Crippen molar-refractivity contribution in [1.29, 1.82) is 10.5 Å². The molecule has 0 atom stereocenters. The Labute approximate surface area is 117 Å². The predicted octanol–water partition coefficient (Wildman–Crippen LogP) is 1.46. The molecule has 1 aromatic heterocycles. The molecule has 3 rings (SSSR count). The van der Waals surface area contributed by atoms with Gasteiger partial charge in [-0.15, -0.1) is 0 Å². The molecule has 0 fully saturated rings. The lowest BCUT2D eigenvalue weighted by Gasteiger charge is -2.15. The number of aromatic nitrogens is 2. The van der Waals surface area contributed by atoms with E-state index in [-0.39, 0.29) is 0 Å². The highest BCUT2D eigenvalue weighted by atomic mass is 15.3. The van der Waals surface area contributed by atoms with Gasteiger partial charge in [0.05, 0.1) is 23.9 Å². The van der Waals surface area contributed by atoms with E-state index in [0.29, 0.717) is 18.7 Å². The van der Waals surface area contributed by atoms with Crippen LogP contribution in [-0.4, -0.2) is 16.3 Å². The predicted molar refractivity (Wildman–Crippen MR) is 73.0 cm³/mol. The van der Waals surface area contributed by atoms with Gasteiger partial charge in [0.2, 0.25) is 0 Å². The molecular weight excluding hydrogens is 250 g/mol. The van der Waals surface area contributed by atoms with Crippen LogP contribution in [0.25, 0.3) is 5.69 Å². The molecule has 2 aromatic rings. The van der Waals surface area contributed by atoms with Crippen molar-refractivity contribution in [3.05, 3.63) is 46.8 Å². The summed E-state index contributed by atoms with van der Waals surface area (Å²) in [4.78, 5) is 0. The molecule has 1 aliphatic heterocycles. The van der Waals surface area contributed by atoms with Crippen molar-refractivity contribution < 1.29 is 0 Å². The molecule has 0 spiro atoms. The van der Waals surface area contributed by atoms with Crippen LogP contribution in [0, 0.1) is 22.7 Å². The van der Waals surface area contributed by atoms with Crippen molar-refractivity contribution in [2.75, 3.05) is 6.54 Å². The molecule has 0 saturated carbocycles. The topological polar surface area (TPSA) is 77.4 Å². The van der Waals surface area contributed by atoms with Crippen LogP contribution in [0.5, 0.6) is 0 Å². The van der Waals surface area contributed by atoms with Crippen molar-refractivity contribution in [1.82, 2.24) is 15.1 Å². The van der Waals surface area contributed by atoms with E-state index in [2.05, 4.69) is 22.6 Å². The number of fused-ring (bicyclic) bond motifs is 1. The standard InChI is InChI=1S/C15H13N5/c16-7-5-11-1-3-12(4-2-11)20-15-6-8-18-10-13(15)14(9-17)19-20/h1-4,18H,5-6,8,10H2. The zero-order valence-corrected chi connectivity index (χ0v) is 10.9. The van der Waals surface area contributed by atoms with Gasteiger partial charge in [0.25, 0.3) is 0 Å². The molecule has 1 aromatic carbocycles. The largest absolute Gasteiger partial charge is 0.312 e. The molecule has 1 aliphatic rings. The van der Waals surface area contributed by atoms with E-state index in [4.69, 9.17) is 5.26 Å². The summed E-state index contributed by atoms with van der Waals surface area (Å²) in [6, 6.07) is 12.1. The van der Waals surface area contributed by atoms with E-state index in [9.17, 15) is 5.26 Å². The van der Waals surface area contributed by atoms with Gasteiger partial charge in [0, 0.05) is 25.1 Å². The van der Waals surface area contributed by atoms with Crippen LogP contribution in [-0.2, 0) is 19.4 Å². The van der Waals surface area contributed by atoms with Gasteiger partial charge < -0.3 is 5.32 Å². The fourth-order valence-electron chi connectivity index (χ4n) is 2.50. The lowest BCUT2D eigenvalue weighted by Crippen LogP contribution is -2.24. The Balaban J connectivity index is 2.04. The normalized spacial score (nSPS) is 13.3. The quantitative estimate of drug-likeness (QED) is 0.889. The van der Waals surface area contributed by atoms with Gasteiger partial charge >= 0.3 is 0 Å². The molecule has 5 nitrogen and oxygen atoms in total. The third-order valence-electron chi connectivity index (χ3n) is 3.50. The fraction of sp³-hybridized carbons (Fsp3) is 0.267. The van der Waals surface area contributed by atoms with Crippen LogP contribution in [0.1, 0.15) is 22.5 Å². The molecule has 0 aliphatic carbocycles. The highest BCUT2D eigenvalue weighted by Crippen LogP contribution is 2.21. The van der Waals surface area contributed by atoms with Crippen molar-refractivity contribution in [3.63, 3.8) is 0 Å². The number of nitriles is 2. The first-order valence-corrected chi connectivity index (χ1v) is 6.51. The van der Waals surface area contributed by atoms with E-state index in [1.165, 1.54) is 0 Å². The molecule has 0 bridgehead atoms. The van der Waals surface area contributed by atoms with Gasteiger partial charge in [-0.25, -0.2) is 4.68 Å². The van der Waals surface area contributed by atoms with Crippen LogP contribution < -0.4 is 5.32 Å². The number of rotatable bonds is 2. The SMILES string of the molecule is N#CCc1ccc(-n2nc(C#N)c3c2CCNC3)cc1. The highest BCUT2D eigenvalue weighted by molar-refractivity contribution is 5.43. The van der Waals surface area contributed by atoms with E-state index in [0.717, 1.165) is 35.5 Å². The van der Waals surface area contributed by atoms with E-state index in [1.54, 1.807) is 0 Å². The summed E-state index contributed by atoms with van der Waals surface area (Å²) in [5.74, 6) is 0. The van der Waals surface area contributed by atoms with E-state index >= 15 is 0 Å². The molecule has 98 valence electrons. The lowest BCUT2D eigenvalue weighted by molar-refractivity contribution is 0.622. The monoisotopic (exact) mass is 263 g/mol. The Kier molecular flexibility index (Phi) is 3.20. The Morgan fingerprint density at radius 3 is 2.75 bits per heavy atom. The highest BCUT2D eigenvalue weighted by Gasteiger charge is 2.21. The third kappa shape index (κ3) is 2.05. The number of benzene rings is 1. The van der Waals surface area contributed by atoms with Gasteiger partial charge in [-0.1, -0.05) is 12.1 Å². The van der Waals surface area contributed by atoms with Gasteiger partial charge in [-0.2, -0.15) is 15.6 Å². The molecule has 0 unspecified atom stereocenters. The molecule has 0 radical (unpaired) electrons. The van der Waals surface area contributed by atoms with Crippen LogP contribution in [0.3, 0.4) is 0 Å². The van der Waals surface area contributed by atoms with Crippen molar-refractivity contribution in [2.24, 2.45) is 0 Å². The minimum Gasteiger partial charge on any atom is -0.312 e. The number of nitrogens with zero attached hydrogens (tertiary/aromatic N) is 4. The Morgan fingerprint density at radius 1 is 1.25 bits per heavy atom. The Morgan fingerprint density at radius 2 is 2.05 bits per heavy atom. The van der Waals surface area contributed by atoms with Crippen LogP contribution in [0.4, 0.5) is 0 Å². The third-order valence-corrected chi connectivity index (χ3v) is 3.50. The number of hydrogen-bond donors (Lipinski definition) is 1. The van der Waals surface area contributed by atoms with Crippen LogP contribution >= 0.6 is 0 Å². The van der Waals surface area contributed by atoms with Gasteiger partial charge in [0.1, 0.15) is 6.07 Å². The van der Waals surface area contributed by atoms with Crippen molar-refractivity contribution >= 4 is 0 Å². The number of hydrogen-bond acceptors (Lipinski definition) is 4. The smallest absolute Gasteiger partial charge is 0.167 e. The Hall–Kier alpha value is -2.63. The first kappa shape index (κ1) is 12.4. The molecule has 0 amide bonds.